The van der Waals surface area contributed by atoms with Gasteiger partial charge in [-0.2, -0.15) is 0 Å². The molecule has 0 aliphatic rings. The minimum Gasteiger partial charge on any atom is -0.381 e. The molecule has 1 amide bonds. The van der Waals surface area contributed by atoms with Crippen LogP contribution in [0.25, 0.3) is 0 Å². The molecule has 0 saturated heterocycles. The van der Waals surface area contributed by atoms with Crippen molar-refractivity contribution >= 4 is 27.5 Å². The first-order valence-corrected chi connectivity index (χ1v) is 6.74. The van der Waals surface area contributed by atoms with Crippen LogP contribution in [-0.2, 0) is 6.54 Å². The summed E-state index contributed by atoms with van der Waals surface area (Å²) in [5.74, 6) is -0.400. The Morgan fingerprint density at radius 1 is 1.26 bits per heavy atom. The van der Waals surface area contributed by atoms with Gasteiger partial charge >= 0.3 is 0 Å². The number of aryl methyl sites for hydroxylation is 1. The third kappa shape index (κ3) is 3.58. The van der Waals surface area contributed by atoms with Gasteiger partial charge in [-0.3, -0.25) is 4.79 Å². The molecule has 0 atom stereocenters. The maximum atomic E-state index is 11.3. The highest BCUT2D eigenvalue weighted by Crippen LogP contribution is 2.20. The fourth-order valence-corrected chi connectivity index (χ4v) is 2.56. The van der Waals surface area contributed by atoms with Gasteiger partial charge in [0.25, 0.3) is 0 Å². The number of primary amides is 1. The standard InChI is InChI=1S/C15H15BrN2O/c1-10-6-12(16)8-13(7-10)18-9-11-4-2-3-5-14(11)15(17)19/h2-8,18H,9H2,1H3,(H2,17,19). The Morgan fingerprint density at radius 2 is 2.00 bits per heavy atom. The van der Waals surface area contributed by atoms with Gasteiger partial charge in [-0.25, -0.2) is 0 Å². The van der Waals surface area contributed by atoms with Crippen molar-refractivity contribution in [3.8, 4) is 0 Å². The van der Waals surface area contributed by atoms with Crippen LogP contribution in [0.4, 0.5) is 5.69 Å². The fraction of sp³-hybridized carbons (Fsp3) is 0.133. The smallest absolute Gasteiger partial charge is 0.249 e. The summed E-state index contributed by atoms with van der Waals surface area (Å²) in [5.41, 5.74) is 8.98. The Bertz CT molecular complexity index is 591. The summed E-state index contributed by atoms with van der Waals surface area (Å²) in [5, 5.41) is 3.30. The number of hydrogen-bond donors (Lipinski definition) is 2. The summed E-state index contributed by atoms with van der Waals surface area (Å²) in [4.78, 5) is 11.3. The number of carbonyl (C=O) groups is 1. The lowest BCUT2D eigenvalue weighted by molar-refractivity contribution is 0.0999. The molecule has 0 bridgehead atoms. The van der Waals surface area contributed by atoms with Gasteiger partial charge in [-0.05, 0) is 42.3 Å². The number of rotatable bonds is 4. The summed E-state index contributed by atoms with van der Waals surface area (Å²) < 4.78 is 1.03. The third-order valence-electron chi connectivity index (χ3n) is 2.81. The molecule has 19 heavy (non-hydrogen) atoms. The molecule has 0 aliphatic heterocycles. The van der Waals surface area contributed by atoms with E-state index in [-0.39, 0.29) is 0 Å². The van der Waals surface area contributed by atoms with Crippen LogP contribution in [-0.4, -0.2) is 5.91 Å². The van der Waals surface area contributed by atoms with E-state index in [0.717, 1.165) is 15.7 Å². The van der Waals surface area contributed by atoms with E-state index in [0.29, 0.717) is 12.1 Å². The zero-order chi connectivity index (χ0) is 13.8. The number of nitrogens with two attached hydrogens (primary N) is 1. The van der Waals surface area contributed by atoms with Gasteiger partial charge in [0.05, 0.1) is 0 Å². The van der Waals surface area contributed by atoms with E-state index >= 15 is 0 Å². The molecular weight excluding hydrogens is 304 g/mol. The van der Waals surface area contributed by atoms with Crippen molar-refractivity contribution in [3.63, 3.8) is 0 Å². The molecule has 0 aromatic heterocycles. The summed E-state index contributed by atoms with van der Waals surface area (Å²) in [6, 6.07) is 13.5. The second-order valence-electron chi connectivity index (χ2n) is 4.39. The lowest BCUT2D eigenvalue weighted by Gasteiger charge is -2.10. The van der Waals surface area contributed by atoms with Crippen LogP contribution in [0, 0.1) is 6.92 Å². The molecule has 0 unspecified atom stereocenters. The first kappa shape index (κ1) is 13.6. The fourth-order valence-electron chi connectivity index (χ4n) is 1.95. The Hall–Kier alpha value is -1.81. The van der Waals surface area contributed by atoms with Crippen molar-refractivity contribution in [1.29, 1.82) is 0 Å². The number of halogens is 1. The topological polar surface area (TPSA) is 55.1 Å². The molecule has 2 aromatic carbocycles. The second kappa shape index (κ2) is 5.89. The molecule has 0 saturated carbocycles. The summed E-state index contributed by atoms with van der Waals surface area (Å²) in [6.07, 6.45) is 0. The highest BCUT2D eigenvalue weighted by atomic mass is 79.9. The van der Waals surface area contributed by atoms with Crippen LogP contribution in [0.15, 0.2) is 46.9 Å². The van der Waals surface area contributed by atoms with E-state index in [2.05, 4.69) is 27.3 Å². The number of nitrogens with one attached hydrogen (secondary N) is 1. The zero-order valence-electron chi connectivity index (χ0n) is 10.6. The zero-order valence-corrected chi connectivity index (χ0v) is 12.2. The average Bonchev–Trinajstić information content (AvgIpc) is 2.35. The summed E-state index contributed by atoms with van der Waals surface area (Å²) in [6.45, 7) is 2.60. The molecular formula is C15H15BrN2O. The predicted molar refractivity (Wildman–Crippen MR) is 81.2 cm³/mol. The van der Waals surface area contributed by atoms with E-state index in [4.69, 9.17) is 5.73 Å². The van der Waals surface area contributed by atoms with Crippen LogP contribution in [0.5, 0.6) is 0 Å². The van der Waals surface area contributed by atoms with Gasteiger partial charge in [0, 0.05) is 22.3 Å². The van der Waals surface area contributed by atoms with Crippen molar-refractivity contribution < 1.29 is 4.79 Å². The molecule has 4 heteroatoms. The Labute approximate surface area is 121 Å². The van der Waals surface area contributed by atoms with Crippen molar-refractivity contribution in [2.75, 3.05) is 5.32 Å². The minimum absolute atomic E-state index is 0.400. The third-order valence-corrected chi connectivity index (χ3v) is 3.27. The Kier molecular flexibility index (Phi) is 4.22. The molecule has 0 fully saturated rings. The molecule has 0 aliphatic carbocycles. The molecule has 3 N–H and O–H groups in total. The molecule has 0 heterocycles. The van der Waals surface area contributed by atoms with E-state index in [1.165, 1.54) is 5.56 Å². The molecule has 0 spiro atoms. The quantitative estimate of drug-likeness (QED) is 0.906. The largest absolute Gasteiger partial charge is 0.381 e. The molecule has 2 rings (SSSR count). The van der Waals surface area contributed by atoms with Gasteiger partial charge in [0.2, 0.25) is 5.91 Å². The van der Waals surface area contributed by atoms with E-state index in [1.54, 1.807) is 6.07 Å². The highest BCUT2D eigenvalue weighted by molar-refractivity contribution is 9.10. The van der Waals surface area contributed by atoms with E-state index in [9.17, 15) is 4.79 Å². The minimum atomic E-state index is -0.400. The van der Waals surface area contributed by atoms with Crippen LogP contribution in [0.3, 0.4) is 0 Å². The first-order chi connectivity index (χ1) is 9.06. The lowest BCUT2D eigenvalue weighted by Crippen LogP contribution is -2.15. The van der Waals surface area contributed by atoms with Crippen LogP contribution >= 0.6 is 15.9 Å². The maximum Gasteiger partial charge on any atom is 0.249 e. The Morgan fingerprint density at radius 3 is 2.68 bits per heavy atom. The normalized spacial score (nSPS) is 10.2. The summed E-state index contributed by atoms with van der Waals surface area (Å²) >= 11 is 3.46. The van der Waals surface area contributed by atoms with Gasteiger partial charge in [0.15, 0.2) is 0 Å². The van der Waals surface area contributed by atoms with E-state index in [1.807, 2.05) is 37.3 Å². The molecule has 0 radical (unpaired) electrons. The number of amides is 1. The van der Waals surface area contributed by atoms with Gasteiger partial charge in [-0.1, -0.05) is 34.1 Å². The Balaban J connectivity index is 2.16. The second-order valence-corrected chi connectivity index (χ2v) is 5.31. The van der Waals surface area contributed by atoms with Crippen molar-refractivity contribution in [2.24, 2.45) is 5.73 Å². The van der Waals surface area contributed by atoms with Crippen LogP contribution in [0.1, 0.15) is 21.5 Å². The maximum absolute atomic E-state index is 11.3. The van der Waals surface area contributed by atoms with Gasteiger partial charge in [-0.15, -0.1) is 0 Å². The number of hydrogen-bond acceptors (Lipinski definition) is 2. The highest BCUT2D eigenvalue weighted by Gasteiger charge is 2.06. The summed E-state index contributed by atoms with van der Waals surface area (Å²) in [7, 11) is 0. The van der Waals surface area contributed by atoms with Crippen molar-refractivity contribution in [1.82, 2.24) is 0 Å². The number of anilines is 1. The lowest BCUT2D eigenvalue weighted by atomic mass is 10.1. The monoisotopic (exact) mass is 318 g/mol. The van der Waals surface area contributed by atoms with Crippen LogP contribution < -0.4 is 11.1 Å². The molecule has 2 aromatic rings. The van der Waals surface area contributed by atoms with Gasteiger partial charge < -0.3 is 11.1 Å². The first-order valence-electron chi connectivity index (χ1n) is 5.95. The van der Waals surface area contributed by atoms with E-state index < -0.39 is 5.91 Å². The van der Waals surface area contributed by atoms with Crippen molar-refractivity contribution in [2.45, 2.75) is 13.5 Å². The average molecular weight is 319 g/mol. The number of carbonyl (C=O) groups excluding carboxylic acids is 1. The SMILES string of the molecule is Cc1cc(Br)cc(NCc2ccccc2C(N)=O)c1. The molecule has 3 nitrogen and oxygen atoms in total. The van der Waals surface area contributed by atoms with Crippen molar-refractivity contribution in [3.05, 3.63) is 63.6 Å². The van der Waals surface area contributed by atoms with Crippen LogP contribution in [0.2, 0.25) is 0 Å². The predicted octanol–water partition coefficient (Wildman–Crippen LogP) is 3.47. The van der Waals surface area contributed by atoms with Gasteiger partial charge in [0.1, 0.15) is 0 Å². The number of benzene rings is 2. The molecule has 98 valence electrons.